The zero-order valence-electron chi connectivity index (χ0n) is 14.8. The highest BCUT2D eigenvalue weighted by molar-refractivity contribution is 5.91. The molecule has 1 aliphatic rings. The number of carbonyl (C=O) groups is 1. The van der Waals surface area contributed by atoms with Crippen LogP contribution < -0.4 is 4.90 Å². The Morgan fingerprint density at radius 1 is 0.963 bits per heavy atom. The average molecular weight is 360 g/mol. The van der Waals surface area contributed by atoms with Crippen molar-refractivity contribution in [2.45, 2.75) is 0 Å². The number of aromatic nitrogens is 4. The maximum atomic E-state index is 12.4. The Labute approximate surface area is 157 Å². The van der Waals surface area contributed by atoms with Crippen molar-refractivity contribution >= 4 is 17.9 Å². The molecule has 0 radical (unpaired) electrons. The van der Waals surface area contributed by atoms with Gasteiger partial charge in [0.25, 0.3) is 0 Å². The van der Waals surface area contributed by atoms with Crippen LogP contribution in [0.1, 0.15) is 5.69 Å². The number of H-pyrrole nitrogens is 1. The zero-order valence-corrected chi connectivity index (χ0v) is 14.8. The first-order chi connectivity index (χ1) is 13.3. The molecule has 136 valence electrons. The number of rotatable bonds is 4. The van der Waals surface area contributed by atoms with E-state index in [-0.39, 0.29) is 5.91 Å². The lowest BCUT2D eigenvalue weighted by molar-refractivity contribution is -0.126. The summed E-state index contributed by atoms with van der Waals surface area (Å²) < 4.78 is 0. The van der Waals surface area contributed by atoms with Crippen molar-refractivity contribution in [3.63, 3.8) is 0 Å². The number of anilines is 1. The van der Waals surface area contributed by atoms with E-state index < -0.39 is 0 Å². The fourth-order valence-electron chi connectivity index (χ4n) is 3.01. The number of hydrogen-bond donors (Lipinski definition) is 1. The van der Waals surface area contributed by atoms with Crippen molar-refractivity contribution in [1.29, 1.82) is 0 Å². The van der Waals surface area contributed by atoms with Crippen molar-refractivity contribution < 1.29 is 4.79 Å². The average Bonchev–Trinajstić information content (AvgIpc) is 3.22. The highest BCUT2D eigenvalue weighted by Gasteiger charge is 2.21. The molecule has 1 aromatic carbocycles. The molecule has 2 aromatic heterocycles. The lowest BCUT2D eigenvalue weighted by Crippen LogP contribution is -2.48. The SMILES string of the molecule is O=C(C=Cc1cnc(-c2ccccc2)[nH]1)N1CCN(c2ncccn2)CC1. The van der Waals surface area contributed by atoms with Gasteiger partial charge in [-0.05, 0) is 12.1 Å². The summed E-state index contributed by atoms with van der Waals surface area (Å²) in [5, 5.41) is 0. The van der Waals surface area contributed by atoms with E-state index in [0.717, 1.165) is 30.2 Å². The number of nitrogens with one attached hydrogen (secondary N) is 1. The maximum absolute atomic E-state index is 12.4. The molecular weight excluding hydrogens is 340 g/mol. The number of amides is 1. The van der Waals surface area contributed by atoms with Gasteiger partial charge >= 0.3 is 0 Å². The van der Waals surface area contributed by atoms with Crippen LogP contribution in [0.2, 0.25) is 0 Å². The maximum Gasteiger partial charge on any atom is 0.246 e. The molecule has 0 spiro atoms. The fraction of sp³-hybridized carbons (Fsp3) is 0.200. The summed E-state index contributed by atoms with van der Waals surface area (Å²) >= 11 is 0. The van der Waals surface area contributed by atoms with E-state index in [1.165, 1.54) is 0 Å². The summed E-state index contributed by atoms with van der Waals surface area (Å²) in [6, 6.07) is 11.7. The van der Waals surface area contributed by atoms with Crippen LogP contribution in [0.15, 0.2) is 61.1 Å². The molecule has 0 saturated carbocycles. The minimum atomic E-state index is -0.000471. The number of nitrogens with zero attached hydrogens (tertiary/aromatic N) is 5. The second-order valence-electron chi connectivity index (χ2n) is 6.25. The van der Waals surface area contributed by atoms with Crippen LogP contribution in [0.5, 0.6) is 0 Å². The molecule has 27 heavy (non-hydrogen) atoms. The lowest BCUT2D eigenvalue weighted by atomic mass is 10.2. The second kappa shape index (κ2) is 7.82. The Bertz CT molecular complexity index is 914. The van der Waals surface area contributed by atoms with E-state index in [0.29, 0.717) is 19.0 Å². The van der Waals surface area contributed by atoms with E-state index in [4.69, 9.17) is 0 Å². The third-order valence-electron chi connectivity index (χ3n) is 4.47. The van der Waals surface area contributed by atoms with Gasteiger partial charge in [-0.15, -0.1) is 0 Å². The predicted molar refractivity (Wildman–Crippen MR) is 104 cm³/mol. The van der Waals surface area contributed by atoms with Gasteiger partial charge in [0.15, 0.2) is 0 Å². The first-order valence-corrected chi connectivity index (χ1v) is 8.89. The molecule has 1 fully saturated rings. The zero-order chi connectivity index (χ0) is 18.5. The van der Waals surface area contributed by atoms with Crippen molar-refractivity contribution in [3.05, 3.63) is 66.8 Å². The van der Waals surface area contributed by atoms with Gasteiger partial charge in [0, 0.05) is 50.2 Å². The molecule has 0 aliphatic carbocycles. The molecule has 1 amide bonds. The summed E-state index contributed by atoms with van der Waals surface area (Å²) in [5.41, 5.74) is 1.82. The van der Waals surface area contributed by atoms with E-state index in [2.05, 4.69) is 24.8 Å². The van der Waals surface area contributed by atoms with Gasteiger partial charge in [-0.1, -0.05) is 30.3 Å². The largest absolute Gasteiger partial charge is 0.338 e. The highest BCUT2D eigenvalue weighted by Crippen LogP contribution is 2.15. The lowest BCUT2D eigenvalue weighted by Gasteiger charge is -2.34. The Hall–Kier alpha value is -3.48. The van der Waals surface area contributed by atoms with E-state index >= 15 is 0 Å². The molecule has 1 aliphatic heterocycles. The van der Waals surface area contributed by atoms with E-state index in [1.54, 1.807) is 36.8 Å². The molecule has 3 heterocycles. The van der Waals surface area contributed by atoms with Gasteiger partial charge < -0.3 is 14.8 Å². The minimum absolute atomic E-state index is 0.000471. The van der Waals surface area contributed by atoms with Gasteiger partial charge in [0.1, 0.15) is 5.82 Å². The van der Waals surface area contributed by atoms with Crippen molar-refractivity contribution in [3.8, 4) is 11.4 Å². The summed E-state index contributed by atoms with van der Waals surface area (Å²) in [6.07, 6.45) is 8.57. The fourth-order valence-corrected chi connectivity index (χ4v) is 3.01. The van der Waals surface area contributed by atoms with Gasteiger partial charge in [-0.2, -0.15) is 0 Å². The molecule has 7 heteroatoms. The highest BCUT2D eigenvalue weighted by atomic mass is 16.2. The third kappa shape index (κ3) is 4.03. The minimum Gasteiger partial charge on any atom is -0.338 e. The molecule has 3 aromatic rings. The van der Waals surface area contributed by atoms with Crippen LogP contribution in [-0.4, -0.2) is 56.9 Å². The van der Waals surface area contributed by atoms with Crippen LogP contribution in [0.25, 0.3) is 17.5 Å². The molecule has 1 saturated heterocycles. The van der Waals surface area contributed by atoms with Crippen molar-refractivity contribution in [2.75, 3.05) is 31.1 Å². The molecule has 1 N–H and O–H groups in total. The predicted octanol–water partition coefficient (Wildman–Crippen LogP) is 2.23. The van der Waals surface area contributed by atoms with Crippen LogP contribution in [0.4, 0.5) is 5.95 Å². The van der Waals surface area contributed by atoms with Crippen LogP contribution in [0, 0.1) is 0 Å². The number of carbonyl (C=O) groups excluding carboxylic acids is 1. The first kappa shape index (κ1) is 17.0. The van der Waals surface area contributed by atoms with E-state index in [9.17, 15) is 4.79 Å². The summed E-state index contributed by atoms with van der Waals surface area (Å²) in [5.74, 6) is 1.50. The number of aromatic amines is 1. The Morgan fingerprint density at radius 3 is 2.44 bits per heavy atom. The van der Waals surface area contributed by atoms with Gasteiger partial charge in [-0.25, -0.2) is 15.0 Å². The van der Waals surface area contributed by atoms with Crippen LogP contribution in [0.3, 0.4) is 0 Å². The number of hydrogen-bond acceptors (Lipinski definition) is 5. The smallest absolute Gasteiger partial charge is 0.246 e. The number of benzene rings is 1. The van der Waals surface area contributed by atoms with Crippen LogP contribution in [-0.2, 0) is 4.79 Å². The van der Waals surface area contributed by atoms with Gasteiger partial charge in [0.2, 0.25) is 11.9 Å². The first-order valence-electron chi connectivity index (χ1n) is 8.89. The number of piperazine rings is 1. The Balaban J connectivity index is 1.34. The summed E-state index contributed by atoms with van der Waals surface area (Å²) in [6.45, 7) is 2.76. The normalized spacial score (nSPS) is 14.7. The van der Waals surface area contributed by atoms with E-state index in [1.807, 2.05) is 35.2 Å². The Kier molecular flexibility index (Phi) is 4.91. The molecule has 0 unspecified atom stereocenters. The quantitative estimate of drug-likeness (QED) is 0.722. The molecule has 4 rings (SSSR count). The van der Waals surface area contributed by atoms with Crippen molar-refractivity contribution in [2.24, 2.45) is 0 Å². The molecular formula is C20H20N6O. The summed E-state index contributed by atoms with van der Waals surface area (Å²) in [7, 11) is 0. The molecule has 0 atom stereocenters. The van der Waals surface area contributed by atoms with Gasteiger partial charge in [0.05, 0.1) is 11.9 Å². The molecule has 0 bridgehead atoms. The van der Waals surface area contributed by atoms with Crippen LogP contribution >= 0.6 is 0 Å². The van der Waals surface area contributed by atoms with Crippen molar-refractivity contribution in [1.82, 2.24) is 24.8 Å². The Morgan fingerprint density at radius 2 is 1.70 bits per heavy atom. The van der Waals surface area contributed by atoms with Gasteiger partial charge in [-0.3, -0.25) is 4.79 Å². The monoisotopic (exact) mass is 360 g/mol. The molecule has 7 nitrogen and oxygen atoms in total. The standard InChI is InChI=1S/C20H20N6O/c27-18(25-11-13-26(14-12-25)20-21-9-4-10-22-20)8-7-17-15-23-19(24-17)16-5-2-1-3-6-16/h1-10,15H,11-14H2,(H,23,24). The summed E-state index contributed by atoms with van der Waals surface area (Å²) in [4.78, 5) is 32.5. The topological polar surface area (TPSA) is 78.0 Å². The third-order valence-corrected chi connectivity index (χ3v) is 4.47. The number of imidazole rings is 1. The second-order valence-corrected chi connectivity index (χ2v) is 6.25.